The van der Waals surface area contributed by atoms with Crippen LogP contribution in [-0.4, -0.2) is 45.3 Å². The van der Waals surface area contributed by atoms with E-state index >= 15 is 0 Å². The Morgan fingerprint density at radius 2 is 1.47 bits per heavy atom. The van der Waals surface area contributed by atoms with Crippen molar-refractivity contribution in [3.8, 4) is 0 Å². The number of aliphatic hydroxyl groups is 4. The first-order valence-electron chi connectivity index (χ1n) is 14.0. The van der Waals surface area contributed by atoms with Gasteiger partial charge >= 0.3 is 0 Å². The summed E-state index contributed by atoms with van der Waals surface area (Å²) in [7, 11) is 0. The summed E-state index contributed by atoms with van der Waals surface area (Å²) in [5, 5.41) is 43.6. The Hall–Kier alpha value is -0.420. The van der Waals surface area contributed by atoms with Crippen LogP contribution in [0.2, 0.25) is 0 Å². The van der Waals surface area contributed by atoms with E-state index in [0.717, 1.165) is 51.4 Å². The van der Waals surface area contributed by atoms with Crippen LogP contribution in [0.15, 0.2) is 11.6 Å². The van der Waals surface area contributed by atoms with Gasteiger partial charge in [-0.1, -0.05) is 60.1 Å². The zero-order valence-electron chi connectivity index (χ0n) is 22.7. The van der Waals surface area contributed by atoms with Gasteiger partial charge in [0, 0.05) is 10.8 Å². The Balaban J connectivity index is 1.58. The third-order valence-electron chi connectivity index (χ3n) is 13.5. The van der Waals surface area contributed by atoms with E-state index in [2.05, 4.69) is 54.5 Å². The molecule has 4 heteroatoms. The first-order chi connectivity index (χ1) is 15.6. The summed E-state index contributed by atoms with van der Waals surface area (Å²) in [4.78, 5) is 0. The zero-order chi connectivity index (χ0) is 25.1. The molecule has 194 valence electrons. The average Bonchev–Trinajstić information content (AvgIpc) is 2.77. The zero-order valence-corrected chi connectivity index (χ0v) is 22.7. The molecule has 4 fully saturated rings. The molecule has 0 radical (unpaired) electrons. The van der Waals surface area contributed by atoms with Gasteiger partial charge in [-0.2, -0.15) is 0 Å². The lowest BCUT2D eigenvalue weighted by Crippen LogP contribution is -2.67. The number of hydrogen-bond acceptors (Lipinski definition) is 4. The Morgan fingerprint density at radius 1 is 0.794 bits per heavy atom. The van der Waals surface area contributed by atoms with E-state index in [1.165, 1.54) is 0 Å². The van der Waals surface area contributed by atoms with E-state index in [9.17, 15) is 20.4 Å². The summed E-state index contributed by atoms with van der Waals surface area (Å²) >= 11 is 0. The Labute approximate surface area is 207 Å². The maximum absolute atomic E-state index is 11.3. The van der Waals surface area contributed by atoms with Crippen molar-refractivity contribution >= 4 is 0 Å². The van der Waals surface area contributed by atoms with Crippen molar-refractivity contribution in [2.24, 2.45) is 50.2 Å². The molecule has 0 saturated heterocycles. The van der Waals surface area contributed by atoms with Crippen LogP contribution in [-0.2, 0) is 0 Å². The monoisotopic (exact) mass is 474 g/mol. The third kappa shape index (κ3) is 2.81. The van der Waals surface area contributed by atoms with E-state index in [-0.39, 0.29) is 33.7 Å². The quantitative estimate of drug-likeness (QED) is 0.399. The maximum atomic E-state index is 11.3. The highest BCUT2D eigenvalue weighted by Crippen LogP contribution is 2.75. The smallest absolute Gasteiger partial charge is 0.0863 e. The molecular formula is C30H50O4. The van der Waals surface area contributed by atoms with Crippen LogP contribution in [0.3, 0.4) is 0 Å². The van der Waals surface area contributed by atoms with Crippen molar-refractivity contribution in [3.63, 3.8) is 0 Å². The molecule has 4 saturated carbocycles. The highest BCUT2D eigenvalue weighted by Gasteiger charge is 2.69. The van der Waals surface area contributed by atoms with Crippen LogP contribution < -0.4 is 0 Å². The highest BCUT2D eigenvalue weighted by molar-refractivity contribution is 5.34. The molecule has 34 heavy (non-hydrogen) atoms. The predicted octanol–water partition coefficient (Wildman–Crippen LogP) is 5.08. The molecule has 0 unspecified atom stereocenters. The van der Waals surface area contributed by atoms with Crippen LogP contribution in [0.25, 0.3) is 0 Å². The van der Waals surface area contributed by atoms with Gasteiger partial charge in [-0.05, 0) is 90.8 Å². The molecule has 0 aliphatic heterocycles. The topological polar surface area (TPSA) is 80.9 Å². The largest absolute Gasteiger partial charge is 0.396 e. The lowest BCUT2D eigenvalue weighted by Gasteiger charge is -2.72. The van der Waals surface area contributed by atoms with Crippen LogP contribution in [0.1, 0.15) is 99.8 Å². The number of hydrogen-bond donors (Lipinski definition) is 4. The SMILES string of the molecule is CC1(C)C[C@@H]2C3=CC[C@@H]4[C@@]5(C)CC[C@H](O)[C@](C)(CO)[C@@H]5CC[C@@]4(C)[C@]3(C)CC[C@@]2(C)[C@H](O)[C@@H]1O. The first kappa shape index (κ1) is 25.2. The lowest BCUT2D eigenvalue weighted by molar-refractivity contribution is -0.225. The summed E-state index contributed by atoms with van der Waals surface area (Å²) in [6.45, 7) is 16.2. The van der Waals surface area contributed by atoms with Crippen molar-refractivity contribution in [2.75, 3.05) is 6.61 Å². The fourth-order valence-corrected chi connectivity index (χ4v) is 10.7. The molecule has 0 aromatic carbocycles. The van der Waals surface area contributed by atoms with Crippen LogP contribution in [0, 0.1) is 50.2 Å². The molecule has 0 bridgehead atoms. The minimum Gasteiger partial charge on any atom is -0.396 e. The molecule has 4 N–H and O–H groups in total. The van der Waals surface area contributed by atoms with Crippen molar-refractivity contribution in [1.82, 2.24) is 0 Å². The van der Waals surface area contributed by atoms with Crippen LogP contribution in [0.5, 0.6) is 0 Å². The van der Waals surface area contributed by atoms with Gasteiger partial charge in [0.25, 0.3) is 0 Å². The van der Waals surface area contributed by atoms with Gasteiger partial charge in [0.1, 0.15) is 0 Å². The molecule has 5 aliphatic rings. The lowest BCUT2D eigenvalue weighted by atomic mass is 9.33. The molecule has 4 nitrogen and oxygen atoms in total. The summed E-state index contributed by atoms with van der Waals surface area (Å²) in [6.07, 6.45) is 8.79. The molecular weight excluding hydrogens is 424 g/mol. The number of allylic oxidation sites excluding steroid dienone is 2. The van der Waals surface area contributed by atoms with E-state index in [0.29, 0.717) is 17.8 Å². The summed E-state index contributed by atoms with van der Waals surface area (Å²) in [5.41, 5.74) is 0.920. The Kier molecular flexibility index (Phi) is 5.44. The van der Waals surface area contributed by atoms with Crippen LogP contribution in [0.4, 0.5) is 0 Å². The van der Waals surface area contributed by atoms with E-state index in [1.807, 2.05) is 0 Å². The predicted molar refractivity (Wildman–Crippen MR) is 135 cm³/mol. The van der Waals surface area contributed by atoms with Gasteiger partial charge < -0.3 is 20.4 Å². The van der Waals surface area contributed by atoms with E-state index < -0.39 is 23.7 Å². The van der Waals surface area contributed by atoms with Gasteiger partial charge in [0.2, 0.25) is 0 Å². The van der Waals surface area contributed by atoms with Gasteiger partial charge in [-0.25, -0.2) is 0 Å². The molecule has 11 atom stereocenters. The minimum atomic E-state index is -0.685. The second-order valence-corrected chi connectivity index (χ2v) is 15.2. The molecule has 0 heterocycles. The number of aliphatic hydroxyl groups excluding tert-OH is 4. The molecule has 0 aromatic heterocycles. The van der Waals surface area contributed by atoms with Crippen molar-refractivity contribution in [3.05, 3.63) is 11.6 Å². The van der Waals surface area contributed by atoms with Gasteiger partial charge in [-0.3, -0.25) is 0 Å². The standard InChI is InChI=1S/C30H50O4/c1-25(2)16-19-18-8-9-21-27(4)12-11-22(32)28(5,17-31)20(27)10-13-30(21,7)29(18,6)15-14-26(19,3)24(34)23(25)33/h8,19-24,31-34H,9-17H2,1-7H3/t19-,20-,21-,22+,23+,24-,26-,27+,28-,29-,30-/m1/s1. The second-order valence-electron chi connectivity index (χ2n) is 15.2. The van der Waals surface area contributed by atoms with E-state index in [4.69, 9.17) is 0 Å². The summed E-state index contributed by atoms with van der Waals surface area (Å²) < 4.78 is 0. The normalized spacial score (nSPS) is 58.6. The fourth-order valence-electron chi connectivity index (χ4n) is 10.7. The molecule has 5 rings (SSSR count). The van der Waals surface area contributed by atoms with Gasteiger partial charge in [0.15, 0.2) is 0 Å². The highest BCUT2D eigenvalue weighted by atomic mass is 16.3. The number of fused-ring (bicyclic) bond motifs is 7. The van der Waals surface area contributed by atoms with Crippen molar-refractivity contribution in [1.29, 1.82) is 0 Å². The van der Waals surface area contributed by atoms with Gasteiger partial charge in [-0.15, -0.1) is 0 Å². The first-order valence-corrected chi connectivity index (χ1v) is 14.0. The summed E-state index contributed by atoms with van der Waals surface area (Å²) in [6, 6.07) is 0. The van der Waals surface area contributed by atoms with Crippen molar-refractivity contribution < 1.29 is 20.4 Å². The molecule has 0 spiro atoms. The second kappa shape index (κ2) is 7.33. The third-order valence-corrected chi connectivity index (χ3v) is 13.5. The average molecular weight is 475 g/mol. The minimum absolute atomic E-state index is 0.0614. The molecule has 0 aromatic rings. The van der Waals surface area contributed by atoms with Gasteiger partial charge in [0.05, 0.1) is 24.9 Å². The van der Waals surface area contributed by atoms with Crippen molar-refractivity contribution in [2.45, 2.75) is 118 Å². The van der Waals surface area contributed by atoms with E-state index in [1.54, 1.807) is 5.57 Å². The number of rotatable bonds is 1. The molecule has 5 aliphatic carbocycles. The Bertz CT molecular complexity index is 881. The Morgan fingerprint density at radius 3 is 2.12 bits per heavy atom. The summed E-state index contributed by atoms with van der Waals surface area (Å²) in [5.74, 6) is 1.17. The molecule has 0 amide bonds. The fraction of sp³-hybridized carbons (Fsp3) is 0.933. The van der Waals surface area contributed by atoms with Crippen LogP contribution >= 0.6 is 0 Å². The maximum Gasteiger partial charge on any atom is 0.0863 e.